The molecule has 3 rings (SSSR count). The van der Waals surface area contributed by atoms with Gasteiger partial charge in [-0.3, -0.25) is 0 Å². The van der Waals surface area contributed by atoms with Crippen molar-refractivity contribution in [1.29, 1.82) is 0 Å². The summed E-state index contributed by atoms with van der Waals surface area (Å²) in [4.78, 5) is 0. The van der Waals surface area contributed by atoms with Gasteiger partial charge in [-0.2, -0.15) is 0 Å². The molecule has 3 aromatic rings. The molecule has 2 N–H and O–H groups in total. The Bertz CT molecular complexity index is 802. The first kappa shape index (κ1) is 13.8. The summed E-state index contributed by atoms with van der Waals surface area (Å²) in [6.45, 7) is 0. The molecule has 0 aromatic heterocycles. The van der Waals surface area contributed by atoms with E-state index in [0.29, 0.717) is 22.9 Å². The largest absolute Gasteiger partial charge is 0.494 e. The van der Waals surface area contributed by atoms with Gasteiger partial charge in [0.2, 0.25) is 0 Å². The van der Waals surface area contributed by atoms with Crippen LogP contribution in [0.4, 0.5) is 5.69 Å². The monoisotopic (exact) mass is 343 g/mol. The Morgan fingerprint density at radius 3 is 2.43 bits per heavy atom. The lowest BCUT2D eigenvalue weighted by molar-refractivity contribution is 0.412. The van der Waals surface area contributed by atoms with Crippen LogP contribution in [0.5, 0.6) is 17.2 Å². The Balaban J connectivity index is 2.04. The average Bonchev–Trinajstić information content (AvgIpc) is 2.52. The van der Waals surface area contributed by atoms with Crippen LogP contribution in [0.25, 0.3) is 10.8 Å². The fourth-order valence-electron chi connectivity index (χ4n) is 2.20. The van der Waals surface area contributed by atoms with Gasteiger partial charge in [-0.25, -0.2) is 0 Å². The second kappa shape index (κ2) is 5.66. The summed E-state index contributed by atoms with van der Waals surface area (Å²) < 4.78 is 12.1. The molecular formula is C17H14BrNO2. The Morgan fingerprint density at radius 2 is 1.62 bits per heavy atom. The number of anilines is 1. The molecule has 3 aromatic carbocycles. The Labute approximate surface area is 131 Å². The van der Waals surface area contributed by atoms with Crippen molar-refractivity contribution in [2.24, 2.45) is 0 Å². The number of fused-ring (bicyclic) bond motifs is 1. The van der Waals surface area contributed by atoms with E-state index in [1.165, 1.54) is 0 Å². The fraction of sp³-hybridized carbons (Fsp3) is 0.0588. The SMILES string of the molecule is COc1cccc(Oc2ccc3ccccc3c2Br)c1N. The summed E-state index contributed by atoms with van der Waals surface area (Å²) in [6, 6.07) is 17.5. The Morgan fingerprint density at radius 1 is 0.857 bits per heavy atom. The van der Waals surface area contributed by atoms with E-state index in [0.717, 1.165) is 15.2 Å². The van der Waals surface area contributed by atoms with Crippen LogP contribution in [-0.2, 0) is 0 Å². The zero-order valence-corrected chi connectivity index (χ0v) is 13.1. The zero-order chi connectivity index (χ0) is 14.8. The molecule has 0 saturated heterocycles. The summed E-state index contributed by atoms with van der Waals surface area (Å²) in [6.07, 6.45) is 0. The molecule has 0 aliphatic rings. The minimum Gasteiger partial charge on any atom is -0.494 e. The number of benzene rings is 3. The lowest BCUT2D eigenvalue weighted by Crippen LogP contribution is -1.96. The standard InChI is InChI=1S/C17H14BrNO2/c1-20-14-7-4-8-15(17(14)19)21-13-10-9-11-5-2-3-6-12(11)16(13)18/h2-10H,19H2,1H3. The predicted octanol–water partition coefficient (Wildman–Crippen LogP) is 4.99. The molecule has 4 heteroatoms. The van der Waals surface area contributed by atoms with Crippen LogP contribution in [0.3, 0.4) is 0 Å². The minimum absolute atomic E-state index is 0.486. The van der Waals surface area contributed by atoms with Gasteiger partial charge in [0.05, 0.1) is 11.6 Å². The number of hydrogen-bond donors (Lipinski definition) is 1. The van der Waals surface area contributed by atoms with E-state index in [-0.39, 0.29) is 0 Å². The summed E-state index contributed by atoms with van der Waals surface area (Å²) in [5, 5.41) is 2.24. The average molecular weight is 344 g/mol. The molecule has 21 heavy (non-hydrogen) atoms. The van der Waals surface area contributed by atoms with Crippen LogP contribution in [0, 0.1) is 0 Å². The Kier molecular flexibility index (Phi) is 3.71. The number of ether oxygens (including phenoxy) is 2. The lowest BCUT2D eigenvalue weighted by atomic mass is 10.1. The van der Waals surface area contributed by atoms with E-state index in [1.807, 2.05) is 42.5 Å². The zero-order valence-electron chi connectivity index (χ0n) is 11.5. The lowest BCUT2D eigenvalue weighted by Gasteiger charge is -2.13. The highest BCUT2D eigenvalue weighted by Crippen LogP contribution is 2.39. The van der Waals surface area contributed by atoms with Gasteiger partial charge in [-0.05, 0) is 44.9 Å². The topological polar surface area (TPSA) is 44.5 Å². The maximum atomic E-state index is 6.04. The number of nitrogen functional groups attached to an aromatic ring is 1. The molecule has 0 radical (unpaired) electrons. The highest BCUT2D eigenvalue weighted by molar-refractivity contribution is 9.10. The first-order valence-electron chi connectivity index (χ1n) is 6.48. The molecule has 0 unspecified atom stereocenters. The maximum Gasteiger partial charge on any atom is 0.154 e. The molecule has 3 nitrogen and oxygen atoms in total. The van der Waals surface area contributed by atoms with Crippen LogP contribution in [-0.4, -0.2) is 7.11 Å². The van der Waals surface area contributed by atoms with E-state index >= 15 is 0 Å². The third kappa shape index (κ3) is 2.54. The van der Waals surface area contributed by atoms with Crippen molar-refractivity contribution in [3.63, 3.8) is 0 Å². The van der Waals surface area contributed by atoms with Crippen molar-refractivity contribution in [1.82, 2.24) is 0 Å². The van der Waals surface area contributed by atoms with Gasteiger partial charge in [0.1, 0.15) is 17.2 Å². The molecule has 0 bridgehead atoms. The van der Waals surface area contributed by atoms with Gasteiger partial charge in [0.25, 0.3) is 0 Å². The molecule has 0 heterocycles. The van der Waals surface area contributed by atoms with Crippen molar-refractivity contribution in [2.45, 2.75) is 0 Å². The highest BCUT2D eigenvalue weighted by atomic mass is 79.9. The van der Waals surface area contributed by atoms with E-state index in [2.05, 4.69) is 22.0 Å². The quantitative estimate of drug-likeness (QED) is 0.681. The van der Waals surface area contributed by atoms with Crippen molar-refractivity contribution in [2.75, 3.05) is 12.8 Å². The highest BCUT2D eigenvalue weighted by Gasteiger charge is 2.11. The third-order valence-electron chi connectivity index (χ3n) is 3.29. The molecule has 0 fully saturated rings. The number of methoxy groups -OCH3 is 1. The van der Waals surface area contributed by atoms with Gasteiger partial charge in [-0.1, -0.05) is 36.4 Å². The number of hydrogen-bond acceptors (Lipinski definition) is 3. The molecule has 0 amide bonds. The molecule has 106 valence electrons. The van der Waals surface area contributed by atoms with Crippen LogP contribution in [0.1, 0.15) is 0 Å². The maximum absolute atomic E-state index is 6.04. The van der Waals surface area contributed by atoms with Gasteiger partial charge >= 0.3 is 0 Å². The first-order valence-corrected chi connectivity index (χ1v) is 7.27. The van der Waals surface area contributed by atoms with Crippen LogP contribution in [0.15, 0.2) is 59.1 Å². The Hall–Kier alpha value is -2.20. The summed E-state index contributed by atoms with van der Waals surface area (Å²) >= 11 is 3.60. The molecule has 0 aliphatic heterocycles. The summed E-state index contributed by atoms with van der Waals surface area (Å²) in [7, 11) is 1.58. The number of nitrogens with two attached hydrogens (primary N) is 1. The fourth-order valence-corrected chi connectivity index (χ4v) is 2.78. The number of halogens is 1. The van der Waals surface area contributed by atoms with Crippen molar-refractivity contribution < 1.29 is 9.47 Å². The van der Waals surface area contributed by atoms with E-state index in [9.17, 15) is 0 Å². The minimum atomic E-state index is 0.486. The van der Waals surface area contributed by atoms with Gasteiger partial charge < -0.3 is 15.2 Å². The smallest absolute Gasteiger partial charge is 0.154 e. The normalized spacial score (nSPS) is 10.6. The molecule has 0 aliphatic carbocycles. The third-order valence-corrected chi connectivity index (χ3v) is 4.11. The summed E-state index contributed by atoms with van der Waals surface area (Å²) in [5.74, 6) is 1.89. The number of rotatable bonds is 3. The van der Waals surface area contributed by atoms with Gasteiger partial charge in [0.15, 0.2) is 5.75 Å². The van der Waals surface area contributed by atoms with E-state index in [1.54, 1.807) is 13.2 Å². The summed E-state index contributed by atoms with van der Waals surface area (Å²) in [5.41, 5.74) is 6.53. The van der Waals surface area contributed by atoms with Gasteiger partial charge in [-0.15, -0.1) is 0 Å². The second-order valence-corrected chi connectivity index (χ2v) is 5.37. The van der Waals surface area contributed by atoms with Crippen molar-refractivity contribution >= 4 is 32.4 Å². The molecule has 0 atom stereocenters. The van der Waals surface area contributed by atoms with Crippen molar-refractivity contribution in [3.8, 4) is 17.2 Å². The second-order valence-electron chi connectivity index (χ2n) is 4.57. The first-order chi connectivity index (χ1) is 10.2. The van der Waals surface area contributed by atoms with Crippen LogP contribution in [0.2, 0.25) is 0 Å². The molecule has 0 spiro atoms. The number of para-hydroxylation sites is 1. The molecule has 0 saturated carbocycles. The van der Waals surface area contributed by atoms with Crippen LogP contribution >= 0.6 is 15.9 Å². The van der Waals surface area contributed by atoms with Crippen molar-refractivity contribution in [3.05, 3.63) is 59.1 Å². The van der Waals surface area contributed by atoms with E-state index < -0.39 is 0 Å². The van der Waals surface area contributed by atoms with Crippen LogP contribution < -0.4 is 15.2 Å². The predicted molar refractivity (Wildman–Crippen MR) is 89.1 cm³/mol. The molecular weight excluding hydrogens is 330 g/mol. The van der Waals surface area contributed by atoms with Gasteiger partial charge in [0, 0.05) is 0 Å². The van der Waals surface area contributed by atoms with E-state index in [4.69, 9.17) is 15.2 Å².